The number of piperazine rings is 1. The van der Waals surface area contributed by atoms with Gasteiger partial charge in [0.05, 0.1) is 19.6 Å². The van der Waals surface area contributed by atoms with Crippen LogP contribution in [0.3, 0.4) is 0 Å². The molecule has 8 nitrogen and oxygen atoms in total. The highest BCUT2D eigenvalue weighted by Gasteiger charge is 2.38. The van der Waals surface area contributed by atoms with Crippen molar-refractivity contribution in [3.05, 3.63) is 54.6 Å². The zero-order valence-electron chi connectivity index (χ0n) is 18.2. The number of anilines is 2. The van der Waals surface area contributed by atoms with E-state index in [0.29, 0.717) is 45.0 Å². The summed E-state index contributed by atoms with van der Waals surface area (Å²) >= 11 is 0. The first kappa shape index (κ1) is 21.8. The van der Waals surface area contributed by atoms with Crippen LogP contribution in [-0.2, 0) is 14.4 Å². The molecule has 3 amide bonds. The van der Waals surface area contributed by atoms with Gasteiger partial charge in [0.15, 0.2) is 0 Å². The molecule has 2 fully saturated rings. The number of benzene rings is 2. The number of methoxy groups -OCH3 is 1. The van der Waals surface area contributed by atoms with Crippen molar-refractivity contribution in [1.82, 2.24) is 9.80 Å². The molecule has 1 atom stereocenters. The Kier molecular flexibility index (Phi) is 6.70. The minimum absolute atomic E-state index is 0.0112. The van der Waals surface area contributed by atoms with Gasteiger partial charge in [0, 0.05) is 56.6 Å². The molecule has 4 rings (SSSR count). The van der Waals surface area contributed by atoms with Gasteiger partial charge in [-0.3, -0.25) is 19.3 Å². The molecule has 0 radical (unpaired) electrons. The van der Waals surface area contributed by atoms with Crippen LogP contribution >= 0.6 is 0 Å². The minimum atomic E-state index is -0.346. The normalized spacial score (nSPS) is 19.2. The lowest BCUT2D eigenvalue weighted by atomic mass is 10.1. The van der Waals surface area contributed by atoms with E-state index in [1.807, 2.05) is 64.4 Å². The molecule has 2 heterocycles. The van der Waals surface area contributed by atoms with Gasteiger partial charge in [-0.2, -0.15) is 0 Å². The maximum atomic E-state index is 13.0. The van der Waals surface area contributed by atoms with E-state index in [-0.39, 0.29) is 30.1 Å². The van der Waals surface area contributed by atoms with Crippen molar-refractivity contribution in [3.8, 4) is 5.75 Å². The molecule has 0 spiro atoms. The summed E-state index contributed by atoms with van der Waals surface area (Å²) in [5.74, 6) is 0.232. The number of amides is 3. The van der Waals surface area contributed by atoms with Gasteiger partial charge >= 0.3 is 0 Å². The Morgan fingerprint density at radius 1 is 1.03 bits per heavy atom. The van der Waals surface area contributed by atoms with Gasteiger partial charge in [0.25, 0.3) is 0 Å². The average molecular weight is 437 g/mol. The zero-order valence-corrected chi connectivity index (χ0v) is 18.2. The monoisotopic (exact) mass is 436 g/mol. The number of hydrogen-bond donors (Lipinski definition) is 1. The van der Waals surface area contributed by atoms with E-state index in [1.54, 1.807) is 12.0 Å². The third-order valence-corrected chi connectivity index (χ3v) is 5.95. The molecule has 2 aliphatic heterocycles. The first-order valence-electron chi connectivity index (χ1n) is 10.8. The van der Waals surface area contributed by atoms with Crippen LogP contribution in [0.5, 0.6) is 5.75 Å². The highest BCUT2D eigenvalue weighted by molar-refractivity contribution is 6.00. The number of nitrogens with one attached hydrogen (secondary N) is 1. The number of carbonyl (C=O) groups excluding carboxylic acids is 3. The molecule has 2 aromatic carbocycles. The van der Waals surface area contributed by atoms with Crippen molar-refractivity contribution < 1.29 is 19.1 Å². The molecule has 168 valence electrons. The molecule has 0 aliphatic carbocycles. The fourth-order valence-electron chi connectivity index (χ4n) is 4.21. The van der Waals surface area contributed by atoms with E-state index in [1.165, 1.54) is 0 Å². The Hall–Kier alpha value is -3.39. The van der Waals surface area contributed by atoms with E-state index in [4.69, 9.17) is 4.74 Å². The molecule has 8 heteroatoms. The largest absolute Gasteiger partial charge is 0.497 e. The predicted molar refractivity (Wildman–Crippen MR) is 122 cm³/mol. The molecule has 0 unspecified atom stereocenters. The van der Waals surface area contributed by atoms with Crippen LogP contribution in [0.1, 0.15) is 6.42 Å². The van der Waals surface area contributed by atoms with Crippen molar-refractivity contribution in [3.63, 3.8) is 0 Å². The van der Waals surface area contributed by atoms with Crippen LogP contribution < -0.4 is 15.0 Å². The number of carbonyl (C=O) groups is 3. The maximum absolute atomic E-state index is 13.0. The van der Waals surface area contributed by atoms with E-state index in [0.717, 1.165) is 11.4 Å². The lowest BCUT2D eigenvalue weighted by Gasteiger charge is -2.35. The fraction of sp³-hybridized carbons (Fsp3) is 0.375. The number of hydrogen-bond acceptors (Lipinski definition) is 5. The molecule has 2 aliphatic rings. The van der Waals surface area contributed by atoms with Crippen molar-refractivity contribution >= 4 is 29.1 Å². The first-order chi connectivity index (χ1) is 15.5. The van der Waals surface area contributed by atoms with Crippen LogP contribution in [-0.4, -0.2) is 73.9 Å². The number of para-hydroxylation sites is 1. The van der Waals surface area contributed by atoms with Gasteiger partial charge in [-0.25, -0.2) is 0 Å². The first-order valence-corrected chi connectivity index (χ1v) is 10.8. The Balaban J connectivity index is 1.27. The lowest BCUT2D eigenvalue weighted by Crippen LogP contribution is -2.52. The summed E-state index contributed by atoms with van der Waals surface area (Å²) in [7, 11) is 1.59. The molecular weight excluding hydrogens is 408 g/mol. The maximum Gasteiger partial charge on any atom is 0.238 e. The molecule has 0 aromatic heterocycles. The molecule has 0 saturated carbocycles. The standard InChI is InChI=1S/C24H28N4O4/c1-32-21-9-5-8-20(15-21)28-16-18(14-23(28)30)24(31)27-12-10-26(11-13-27)17-22(29)25-19-6-3-2-4-7-19/h2-9,15,18H,10-14,16-17H2,1H3,(H,25,29)/t18-/m0/s1. The summed E-state index contributed by atoms with van der Waals surface area (Å²) in [5, 5.41) is 2.89. The highest BCUT2D eigenvalue weighted by atomic mass is 16.5. The highest BCUT2D eigenvalue weighted by Crippen LogP contribution is 2.29. The van der Waals surface area contributed by atoms with Gasteiger partial charge in [-0.05, 0) is 24.3 Å². The Labute approximate surface area is 187 Å². The van der Waals surface area contributed by atoms with Gasteiger partial charge in [0.2, 0.25) is 17.7 Å². The number of nitrogens with zero attached hydrogens (tertiary/aromatic N) is 3. The van der Waals surface area contributed by atoms with Crippen LogP contribution in [0.2, 0.25) is 0 Å². The third-order valence-electron chi connectivity index (χ3n) is 5.95. The van der Waals surface area contributed by atoms with Gasteiger partial charge < -0.3 is 19.9 Å². The summed E-state index contributed by atoms with van der Waals surface area (Å²) in [5.41, 5.74) is 1.52. The molecule has 2 aromatic rings. The second-order valence-corrected chi connectivity index (χ2v) is 8.12. The smallest absolute Gasteiger partial charge is 0.238 e. The summed E-state index contributed by atoms with van der Waals surface area (Å²) in [4.78, 5) is 43.4. The topological polar surface area (TPSA) is 82.2 Å². The van der Waals surface area contributed by atoms with Crippen molar-refractivity contribution in [2.24, 2.45) is 5.92 Å². The second kappa shape index (κ2) is 9.82. The van der Waals surface area contributed by atoms with Crippen LogP contribution in [0.4, 0.5) is 11.4 Å². The van der Waals surface area contributed by atoms with Gasteiger partial charge in [-0.1, -0.05) is 24.3 Å². The van der Waals surface area contributed by atoms with Crippen molar-refractivity contribution in [2.45, 2.75) is 6.42 Å². The van der Waals surface area contributed by atoms with Crippen molar-refractivity contribution in [2.75, 3.05) is 56.6 Å². The summed E-state index contributed by atoms with van der Waals surface area (Å²) in [6.45, 7) is 3.05. The molecule has 1 N–H and O–H groups in total. The van der Waals surface area contributed by atoms with Crippen LogP contribution in [0.15, 0.2) is 54.6 Å². The lowest BCUT2D eigenvalue weighted by molar-refractivity contribution is -0.137. The quantitative estimate of drug-likeness (QED) is 0.747. The number of rotatable bonds is 6. The summed E-state index contributed by atoms with van der Waals surface area (Å²) in [6.07, 6.45) is 0.218. The van der Waals surface area contributed by atoms with Crippen LogP contribution in [0.25, 0.3) is 0 Å². The molecule has 32 heavy (non-hydrogen) atoms. The molecule has 0 bridgehead atoms. The average Bonchev–Trinajstić information content (AvgIpc) is 3.21. The Morgan fingerprint density at radius 2 is 1.78 bits per heavy atom. The predicted octanol–water partition coefficient (Wildman–Crippen LogP) is 1.83. The zero-order chi connectivity index (χ0) is 22.5. The van der Waals surface area contributed by atoms with E-state index in [2.05, 4.69) is 5.32 Å². The van der Waals surface area contributed by atoms with E-state index in [9.17, 15) is 14.4 Å². The van der Waals surface area contributed by atoms with Crippen molar-refractivity contribution in [1.29, 1.82) is 0 Å². The minimum Gasteiger partial charge on any atom is -0.497 e. The number of ether oxygens (including phenoxy) is 1. The Bertz CT molecular complexity index is 973. The molecular formula is C24H28N4O4. The molecule has 2 saturated heterocycles. The third kappa shape index (κ3) is 5.08. The van der Waals surface area contributed by atoms with Crippen LogP contribution in [0, 0.1) is 5.92 Å². The summed E-state index contributed by atoms with van der Waals surface area (Å²) in [6, 6.07) is 16.7. The second-order valence-electron chi connectivity index (χ2n) is 8.12. The fourth-order valence-corrected chi connectivity index (χ4v) is 4.21. The Morgan fingerprint density at radius 3 is 2.50 bits per heavy atom. The van der Waals surface area contributed by atoms with E-state index < -0.39 is 0 Å². The SMILES string of the molecule is COc1cccc(N2C[C@@H](C(=O)N3CCN(CC(=O)Nc4ccccc4)CC3)CC2=O)c1. The van der Waals surface area contributed by atoms with Gasteiger partial charge in [-0.15, -0.1) is 0 Å². The summed E-state index contributed by atoms with van der Waals surface area (Å²) < 4.78 is 5.24. The van der Waals surface area contributed by atoms with Gasteiger partial charge in [0.1, 0.15) is 5.75 Å². The van der Waals surface area contributed by atoms with E-state index >= 15 is 0 Å².